The fraction of sp³-hybridized carbons (Fsp3) is 0.125. The molecule has 0 aliphatic carbocycles. The molecule has 0 atom stereocenters. The molecule has 0 unspecified atom stereocenters. The third kappa shape index (κ3) is 2.43. The standard InChI is InChI=1S/C16H12O4Te/c1-19-15(17)9-3-5-11-12-6-4-10(16(18)20-2)8-14(12)21-13(11)7-9/h3-8H,1-2H3. The van der Waals surface area contributed by atoms with Gasteiger partial charge in [0.15, 0.2) is 0 Å². The first-order chi connectivity index (χ1) is 10.1. The molecule has 0 aliphatic heterocycles. The molecule has 0 saturated heterocycles. The number of methoxy groups -OCH3 is 2. The number of esters is 2. The molecule has 0 N–H and O–H groups in total. The Labute approximate surface area is 130 Å². The summed E-state index contributed by atoms with van der Waals surface area (Å²) in [6.45, 7) is 0. The molecule has 0 amide bonds. The molecule has 1 heterocycles. The number of benzene rings is 2. The average molecular weight is 396 g/mol. The van der Waals surface area contributed by atoms with Crippen LogP contribution in [-0.2, 0) is 9.47 Å². The quantitative estimate of drug-likeness (QED) is 0.494. The zero-order valence-corrected chi connectivity index (χ0v) is 13.8. The monoisotopic (exact) mass is 398 g/mol. The van der Waals surface area contributed by atoms with Crippen molar-refractivity contribution < 1.29 is 19.1 Å². The van der Waals surface area contributed by atoms with E-state index in [0.717, 1.165) is 10.8 Å². The minimum absolute atomic E-state index is 0.323. The predicted octanol–water partition coefficient (Wildman–Crippen LogP) is 2.62. The molecular weight excluding hydrogens is 384 g/mol. The van der Waals surface area contributed by atoms with Crippen molar-refractivity contribution in [1.82, 2.24) is 0 Å². The van der Waals surface area contributed by atoms with Gasteiger partial charge in [0.25, 0.3) is 0 Å². The Balaban J connectivity index is 2.19. The third-order valence-electron chi connectivity index (χ3n) is 3.32. The van der Waals surface area contributed by atoms with Crippen LogP contribution in [0.4, 0.5) is 0 Å². The van der Waals surface area contributed by atoms with E-state index in [1.807, 2.05) is 24.3 Å². The van der Waals surface area contributed by atoms with E-state index < -0.39 is 20.4 Å². The molecule has 21 heavy (non-hydrogen) atoms. The second-order valence-corrected chi connectivity index (χ2v) is 7.60. The summed E-state index contributed by atoms with van der Waals surface area (Å²) < 4.78 is 11.9. The van der Waals surface area contributed by atoms with Gasteiger partial charge in [0.2, 0.25) is 0 Å². The number of rotatable bonds is 2. The second kappa shape index (κ2) is 5.51. The Morgan fingerprint density at radius 2 is 1.24 bits per heavy atom. The van der Waals surface area contributed by atoms with Crippen molar-refractivity contribution in [2.45, 2.75) is 0 Å². The summed E-state index contributed by atoms with van der Waals surface area (Å²) in [4.78, 5) is 23.2. The van der Waals surface area contributed by atoms with Crippen molar-refractivity contribution in [1.29, 1.82) is 0 Å². The number of fused-ring (bicyclic) bond motifs is 3. The van der Waals surface area contributed by atoms with Gasteiger partial charge in [0, 0.05) is 0 Å². The Morgan fingerprint density at radius 3 is 1.62 bits per heavy atom. The van der Waals surface area contributed by atoms with E-state index in [0.29, 0.717) is 11.1 Å². The summed E-state index contributed by atoms with van der Waals surface area (Å²) in [5, 5.41) is 2.30. The maximum absolute atomic E-state index is 11.6. The molecule has 0 bridgehead atoms. The van der Waals surface area contributed by atoms with E-state index in [-0.39, 0.29) is 11.9 Å². The first-order valence-electron chi connectivity index (χ1n) is 6.27. The fourth-order valence-electron chi connectivity index (χ4n) is 2.27. The molecule has 2 aromatic carbocycles. The minimum atomic E-state index is -0.609. The maximum atomic E-state index is 11.6. The second-order valence-electron chi connectivity index (χ2n) is 4.51. The first kappa shape index (κ1) is 14.1. The van der Waals surface area contributed by atoms with Crippen LogP contribution < -0.4 is 0 Å². The molecule has 0 radical (unpaired) electrons. The first-order valence-corrected chi connectivity index (χ1v) is 8.60. The van der Waals surface area contributed by atoms with Crippen molar-refractivity contribution >= 4 is 49.9 Å². The molecule has 106 valence electrons. The topological polar surface area (TPSA) is 52.6 Å². The van der Waals surface area contributed by atoms with Crippen LogP contribution in [0.3, 0.4) is 0 Å². The van der Waals surface area contributed by atoms with E-state index in [1.165, 1.54) is 21.0 Å². The van der Waals surface area contributed by atoms with Crippen LogP contribution in [0.25, 0.3) is 17.6 Å². The summed E-state index contributed by atoms with van der Waals surface area (Å²) in [6.07, 6.45) is 0. The van der Waals surface area contributed by atoms with Gasteiger partial charge >= 0.3 is 131 Å². The third-order valence-corrected chi connectivity index (χ3v) is 6.50. The van der Waals surface area contributed by atoms with E-state index in [1.54, 1.807) is 12.1 Å². The molecule has 0 spiro atoms. The molecule has 0 aliphatic rings. The van der Waals surface area contributed by atoms with Gasteiger partial charge in [-0.1, -0.05) is 0 Å². The summed E-state index contributed by atoms with van der Waals surface area (Å²) in [6, 6.07) is 11.3. The molecule has 0 fully saturated rings. The van der Waals surface area contributed by atoms with Gasteiger partial charge in [-0.2, -0.15) is 0 Å². The van der Waals surface area contributed by atoms with Gasteiger partial charge < -0.3 is 0 Å². The van der Waals surface area contributed by atoms with Gasteiger partial charge in [-0.3, -0.25) is 0 Å². The van der Waals surface area contributed by atoms with Crippen LogP contribution in [0.1, 0.15) is 20.7 Å². The van der Waals surface area contributed by atoms with Gasteiger partial charge in [-0.05, 0) is 0 Å². The summed E-state index contributed by atoms with van der Waals surface area (Å²) in [5.74, 6) is -0.645. The number of hydrogen-bond donors (Lipinski definition) is 0. The SMILES string of the molecule is COC(=O)c1ccc2c(c1)[te]c1cc(C(=O)OC)ccc12. The van der Waals surface area contributed by atoms with Gasteiger partial charge in [-0.15, -0.1) is 0 Å². The van der Waals surface area contributed by atoms with E-state index in [2.05, 4.69) is 0 Å². The Kier molecular flexibility index (Phi) is 3.71. The molecule has 5 heteroatoms. The van der Waals surface area contributed by atoms with Crippen molar-refractivity contribution in [3.63, 3.8) is 0 Å². The van der Waals surface area contributed by atoms with Crippen LogP contribution in [0.15, 0.2) is 36.4 Å². The number of carbonyl (C=O) groups is 2. The number of carbonyl (C=O) groups excluding carboxylic acids is 2. The van der Waals surface area contributed by atoms with Gasteiger partial charge in [0.1, 0.15) is 0 Å². The fourth-order valence-corrected chi connectivity index (χ4v) is 5.65. The predicted molar refractivity (Wildman–Crippen MR) is 81.1 cm³/mol. The van der Waals surface area contributed by atoms with Crippen LogP contribution >= 0.6 is 0 Å². The van der Waals surface area contributed by atoms with Gasteiger partial charge in [0.05, 0.1) is 0 Å². The zero-order valence-electron chi connectivity index (χ0n) is 11.5. The normalized spacial score (nSPS) is 10.8. The molecule has 3 aromatic rings. The van der Waals surface area contributed by atoms with Crippen molar-refractivity contribution in [2.75, 3.05) is 14.2 Å². The zero-order chi connectivity index (χ0) is 15.0. The number of ether oxygens (including phenoxy) is 2. The van der Waals surface area contributed by atoms with E-state index in [9.17, 15) is 9.59 Å². The molecular formula is C16H12O4Te. The Hall–Kier alpha value is -1.83. The van der Waals surface area contributed by atoms with Crippen LogP contribution in [0.5, 0.6) is 0 Å². The van der Waals surface area contributed by atoms with Crippen LogP contribution in [0.2, 0.25) is 0 Å². The molecule has 1 aromatic heterocycles. The van der Waals surface area contributed by atoms with E-state index in [4.69, 9.17) is 9.47 Å². The summed E-state index contributed by atoms with van der Waals surface area (Å²) >= 11 is -0.609. The van der Waals surface area contributed by atoms with E-state index >= 15 is 0 Å². The van der Waals surface area contributed by atoms with Crippen molar-refractivity contribution in [2.24, 2.45) is 0 Å². The molecule has 0 saturated carbocycles. The Morgan fingerprint density at radius 1 is 0.810 bits per heavy atom. The summed E-state index contributed by atoms with van der Waals surface area (Å²) in [7, 11) is 2.76. The van der Waals surface area contributed by atoms with Gasteiger partial charge in [-0.25, -0.2) is 0 Å². The summed E-state index contributed by atoms with van der Waals surface area (Å²) in [5.41, 5.74) is 1.14. The van der Waals surface area contributed by atoms with Crippen molar-refractivity contribution in [3.8, 4) is 0 Å². The molecule has 3 rings (SSSR count). The average Bonchev–Trinajstić information content (AvgIpc) is 2.89. The van der Waals surface area contributed by atoms with Crippen LogP contribution in [0, 0.1) is 0 Å². The number of hydrogen-bond acceptors (Lipinski definition) is 4. The Bertz CT molecular complexity index is 793. The van der Waals surface area contributed by atoms with Crippen LogP contribution in [-0.4, -0.2) is 46.6 Å². The van der Waals surface area contributed by atoms with Crippen molar-refractivity contribution in [3.05, 3.63) is 47.5 Å². The molecule has 4 nitrogen and oxygen atoms in total.